The number of hydrogen-bond donors (Lipinski definition) is 1. The second-order valence-corrected chi connectivity index (χ2v) is 7.23. The quantitative estimate of drug-likeness (QED) is 0.867. The van der Waals surface area contributed by atoms with Gasteiger partial charge in [0.1, 0.15) is 11.4 Å². The summed E-state index contributed by atoms with van der Waals surface area (Å²) in [5.41, 5.74) is 2.30. The number of amides is 2. The summed E-state index contributed by atoms with van der Waals surface area (Å²) in [5.74, 6) is -0.0669. The Morgan fingerprint density at radius 1 is 1.38 bits per heavy atom. The Kier molecular flexibility index (Phi) is 3.88. The lowest BCUT2D eigenvalue weighted by Gasteiger charge is -2.23. The Hall–Kier alpha value is -2.15. The fraction of sp³-hybridized carbons (Fsp3) is 0.471. The third-order valence-electron chi connectivity index (χ3n) is 4.71. The molecule has 0 spiro atoms. The molecular weight excluding hydrogens is 326 g/mol. The van der Waals surface area contributed by atoms with E-state index in [9.17, 15) is 9.59 Å². The van der Waals surface area contributed by atoms with Crippen LogP contribution < -0.4 is 5.32 Å². The Morgan fingerprint density at radius 2 is 2.21 bits per heavy atom. The molecule has 1 N–H and O–H groups in total. The van der Waals surface area contributed by atoms with Crippen LogP contribution in [0.25, 0.3) is 0 Å². The third-order valence-corrected chi connectivity index (χ3v) is 5.41. The number of rotatable bonds is 3. The van der Waals surface area contributed by atoms with Gasteiger partial charge in [-0.15, -0.1) is 0 Å². The molecule has 2 aromatic heterocycles. The molecule has 6 nitrogen and oxygen atoms in total. The molecule has 1 saturated carbocycles. The number of carbonyl (C=O) groups excluding carboxylic acids is 2. The maximum atomic E-state index is 12.7. The number of anilines is 1. The first kappa shape index (κ1) is 15.4. The number of nitrogens with one attached hydrogen (secondary N) is 1. The molecule has 2 amide bonds. The van der Waals surface area contributed by atoms with Gasteiger partial charge in [0.2, 0.25) is 0 Å². The molecule has 7 heteroatoms. The largest absolute Gasteiger partial charge is 0.359 e. The van der Waals surface area contributed by atoms with Gasteiger partial charge in [0.05, 0.1) is 6.04 Å². The molecule has 2 aliphatic rings. The number of thiophene rings is 1. The Labute approximate surface area is 143 Å². The normalized spacial score (nSPS) is 20.4. The molecule has 24 heavy (non-hydrogen) atoms. The van der Waals surface area contributed by atoms with E-state index in [4.69, 9.17) is 4.52 Å². The van der Waals surface area contributed by atoms with Crippen LogP contribution in [0.5, 0.6) is 0 Å². The number of likely N-dealkylation sites (tertiary alicyclic amines) is 1. The van der Waals surface area contributed by atoms with Crippen LogP contribution >= 0.6 is 11.3 Å². The summed E-state index contributed by atoms with van der Waals surface area (Å²) in [6.45, 7) is 2.39. The van der Waals surface area contributed by atoms with Gasteiger partial charge in [-0.2, -0.15) is 11.3 Å². The summed E-state index contributed by atoms with van der Waals surface area (Å²) in [7, 11) is 0. The average Bonchev–Trinajstić information content (AvgIpc) is 3.00. The van der Waals surface area contributed by atoms with Crippen molar-refractivity contribution in [2.75, 3.05) is 11.9 Å². The van der Waals surface area contributed by atoms with Gasteiger partial charge in [0.15, 0.2) is 5.76 Å². The van der Waals surface area contributed by atoms with Crippen LogP contribution in [-0.4, -0.2) is 28.4 Å². The molecule has 0 aromatic carbocycles. The fourth-order valence-corrected chi connectivity index (χ4v) is 3.99. The van der Waals surface area contributed by atoms with E-state index in [0.29, 0.717) is 29.6 Å². The Bertz CT molecular complexity index is 764. The molecule has 0 radical (unpaired) electrons. The van der Waals surface area contributed by atoms with Crippen LogP contribution in [-0.2, 0) is 9.59 Å². The minimum atomic E-state index is -0.606. The highest BCUT2D eigenvalue weighted by molar-refractivity contribution is 7.08. The van der Waals surface area contributed by atoms with E-state index in [1.807, 2.05) is 16.8 Å². The highest BCUT2D eigenvalue weighted by Crippen LogP contribution is 2.44. The monoisotopic (exact) mass is 345 g/mol. The van der Waals surface area contributed by atoms with Gasteiger partial charge in [-0.05, 0) is 55.0 Å². The molecule has 1 saturated heterocycles. The van der Waals surface area contributed by atoms with E-state index in [1.54, 1.807) is 23.2 Å². The SMILES string of the molecule is Cc1noc(C2CC2)c1NC(=O)C(=O)N1CCC[C@@H]1c1ccsc1. The van der Waals surface area contributed by atoms with Crippen molar-refractivity contribution in [1.82, 2.24) is 10.1 Å². The van der Waals surface area contributed by atoms with Gasteiger partial charge < -0.3 is 14.7 Å². The zero-order chi connectivity index (χ0) is 16.7. The van der Waals surface area contributed by atoms with Crippen LogP contribution in [0, 0.1) is 6.92 Å². The number of aromatic nitrogens is 1. The summed E-state index contributed by atoms with van der Waals surface area (Å²) in [4.78, 5) is 26.8. The third kappa shape index (κ3) is 2.73. The van der Waals surface area contributed by atoms with Crippen molar-refractivity contribution >= 4 is 28.8 Å². The van der Waals surface area contributed by atoms with E-state index < -0.39 is 11.8 Å². The van der Waals surface area contributed by atoms with Crippen molar-refractivity contribution in [3.63, 3.8) is 0 Å². The number of carbonyl (C=O) groups is 2. The highest BCUT2D eigenvalue weighted by Gasteiger charge is 2.36. The second-order valence-electron chi connectivity index (χ2n) is 6.45. The molecule has 2 fully saturated rings. The summed E-state index contributed by atoms with van der Waals surface area (Å²) in [5, 5.41) is 10.7. The van der Waals surface area contributed by atoms with E-state index in [-0.39, 0.29) is 6.04 Å². The summed E-state index contributed by atoms with van der Waals surface area (Å²) < 4.78 is 5.32. The van der Waals surface area contributed by atoms with E-state index in [0.717, 1.165) is 31.2 Å². The first-order valence-corrected chi connectivity index (χ1v) is 9.19. The van der Waals surface area contributed by atoms with Crippen molar-refractivity contribution < 1.29 is 14.1 Å². The smallest absolute Gasteiger partial charge is 0.314 e. The minimum absolute atomic E-state index is 0.000902. The Morgan fingerprint density at radius 3 is 2.92 bits per heavy atom. The topological polar surface area (TPSA) is 75.4 Å². The van der Waals surface area contributed by atoms with E-state index in [2.05, 4.69) is 10.5 Å². The molecule has 2 aromatic rings. The van der Waals surface area contributed by atoms with Gasteiger partial charge in [0, 0.05) is 12.5 Å². The molecule has 126 valence electrons. The first-order valence-electron chi connectivity index (χ1n) is 8.25. The van der Waals surface area contributed by atoms with Crippen molar-refractivity contribution in [2.24, 2.45) is 0 Å². The second kappa shape index (κ2) is 6.05. The molecule has 1 atom stereocenters. The zero-order valence-corrected chi connectivity index (χ0v) is 14.3. The number of nitrogens with zero attached hydrogens (tertiary/aromatic N) is 2. The lowest BCUT2D eigenvalue weighted by molar-refractivity contribution is -0.143. The predicted octanol–water partition coefficient (Wildman–Crippen LogP) is 3.22. The van der Waals surface area contributed by atoms with Crippen LogP contribution in [0.3, 0.4) is 0 Å². The lowest BCUT2D eigenvalue weighted by atomic mass is 10.1. The van der Waals surface area contributed by atoms with Crippen molar-refractivity contribution in [1.29, 1.82) is 0 Å². The molecule has 0 unspecified atom stereocenters. The maximum Gasteiger partial charge on any atom is 0.314 e. The minimum Gasteiger partial charge on any atom is -0.359 e. The predicted molar refractivity (Wildman–Crippen MR) is 89.9 cm³/mol. The number of hydrogen-bond acceptors (Lipinski definition) is 5. The molecule has 3 heterocycles. The zero-order valence-electron chi connectivity index (χ0n) is 13.4. The molecular formula is C17H19N3O3S. The average molecular weight is 345 g/mol. The molecule has 1 aliphatic carbocycles. The first-order chi connectivity index (χ1) is 11.6. The van der Waals surface area contributed by atoms with Crippen molar-refractivity contribution in [3.05, 3.63) is 33.8 Å². The van der Waals surface area contributed by atoms with Gasteiger partial charge in [-0.3, -0.25) is 9.59 Å². The summed E-state index contributed by atoms with van der Waals surface area (Å²) in [6, 6.07) is 2.02. The standard InChI is InChI=1S/C17H19N3O3S/c1-10-14(15(23-19-10)11-4-5-11)18-16(21)17(22)20-7-2-3-13(20)12-6-8-24-9-12/h6,8-9,11,13H,2-5,7H2,1H3,(H,18,21)/t13-/m1/s1. The molecule has 4 rings (SSSR count). The number of aryl methyl sites for hydroxylation is 1. The summed E-state index contributed by atoms with van der Waals surface area (Å²) >= 11 is 1.61. The lowest BCUT2D eigenvalue weighted by Crippen LogP contribution is -2.39. The summed E-state index contributed by atoms with van der Waals surface area (Å²) in [6.07, 6.45) is 3.89. The van der Waals surface area contributed by atoms with E-state index in [1.165, 1.54) is 0 Å². The van der Waals surface area contributed by atoms with Crippen LogP contribution in [0.2, 0.25) is 0 Å². The molecule has 0 bridgehead atoms. The van der Waals surface area contributed by atoms with E-state index >= 15 is 0 Å². The Balaban J connectivity index is 1.50. The molecule has 1 aliphatic heterocycles. The van der Waals surface area contributed by atoms with Crippen LogP contribution in [0.4, 0.5) is 5.69 Å². The fourth-order valence-electron chi connectivity index (χ4n) is 3.28. The highest BCUT2D eigenvalue weighted by atomic mass is 32.1. The van der Waals surface area contributed by atoms with Gasteiger partial charge in [-0.25, -0.2) is 0 Å². The van der Waals surface area contributed by atoms with Gasteiger partial charge in [0.25, 0.3) is 0 Å². The van der Waals surface area contributed by atoms with Crippen molar-refractivity contribution in [3.8, 4) is 0 Å². The van der Waals surface area contributed by atoms with Gasteiger partial charge >= 0.3 is 11.8 Å². The maximum absolute atomic E-state index is 12.7. The van der Waals surface area contributed by atoms with Crippen LogP contribution in [0.1, 0.15) is 54.7 Å². The van der Waals surface area contributed by atoms with Crippen molar-refractivity contribution in [2.45, 2.75) is 44.6 Å². The van der Waals surface area contributed by atoms with Gasteiger partial charge in [-0.1, -0.05) is 5.16 Å². The van der Waals surface area contributed by atoms with Crippen LogP contribution in [0.15, 0.2) is 21.3 Å².